The van der Waals surface area contributed by atoms with Gasteiger partial charge in [0.2, 0.25) is 5.91 Å². The Kier molecular flexibility index (Phi) is 6.80. The van der Waals surface area contributed by atoms with Crippen LogP contribution in [0.15, 0.2) is 24.5 Å². The van der Waals surface area contributed by atoms with E-state index in [1.807, 2.05) is 6.92 Å². The number of fused-ring (bicyclic) bond motifs is 1. The van der Waals surface area contributed by atoms with Crippen LogP contribution < -0.4 is 10.1 Å². The third kappa shape index (κ3) is 5.00. The van der Waals surface area contributed by atoms with Crippen LogP contribution in [0.2, 0.25) is 0 Å². The Labute approximate surface area is 212 Å². The summed E-state index contributed by atoms with van der Waals surface area (Å²) in [5.41, 5.74) is 2.31. The maximum Gasteiger partial charge on any atom is 0.263 e. The molecule has 3 heterocycles. The normalized spacial score (nSPS) is 19.6. The number of alkyl halides is 2. The largest absolute Gasteiger partial charge is 0.493 e. The van der Waals surface area contributed by atoms with Crippen LogP contribution in [0.25, 0.3) is 22.3 Å². The molecule has 3 N–H and O–H groups in total. The lowest BCUT2D eigenvalue weighted by molar-refractivity contribution is -0.134. The molecule has 37 heavy (non-hydrogen) atoms. The van der Waals surface area contributed by atoms with E-state index < -0.39 is 13.0 Å². The Morgan fingerprint density at radius 3 is 2.78 bits per heavy atom. The Hall–Kier alpha value is -3.60. The molecule has 2 amide bonds. The number of aromatic amines is 1. The highest BCUT2D eigenvalue weighted by Crippen LogP contribution is 2.38. The molecular formula is C26H29F2N5O4. The van der Waals surface area contributed by atoms with E-state index in [0.717, 1.165) is 12.8 Å². The third-order valence-corrected chi connectivity index (χ3v) is 7.05. The fourth-order valence-corrected chi connectivity index (χ4v) is 4.92. The molecule has 2 fully saturated rings. The van der Waals surface area contributed by atoms with Crippen LogP contribution in [0.4, 0.5) is 8.78 Å². The number of amides is 2. The number of halogens is 2. The van der Waals surface area contributed by atoms with Gasteiger partial charge in [-0.15, -0.1) is 0 Å². The molecule has 0 spiro atoms. The number of H-pyrrole nitrogens is 1. The molecule has 1 aromatic carbocycles. The fourth-order valence-electron chi connectivity index (χ4n) is 4.92. The van der Waals surface area contributed by atoms with Crippen LogP contribution in [0.1, 0.15) is 54.2 Å². The molecule has 2 atom stereocenters. The number of aliphatic hydroxyl groups excluding tert-OH is 1. The van der Waals surface area contributed by atoms with Crippen molar-refractivity contribution in [3.63, 3.8) is 0 Å². The van der Waals surface area contributed by atoms with Gasteiger partial charge in [0.25, 0.3) is 12.3 Å². The van der Waals surface area contributed by atoms with Gasteiger partial charge in [-0.25, -0.2) is 18.7 Å². The number of likely N-dealkylation sites (tertiary alicyclic amines) is 1. The lowest BCUT2D eigenvalue weighted by atomic mass is 10.0. The van der Waals surface area contributed by atoms with Crippen molar-refractivity contribution in [2.24, 2.45) is 5.92 Å². The third-order valence-electron chi connectivity index (χ3n) is 7.05. The smallest absolute Gasteiger partial charge is 0.263 e. The highest BCUT2D eigenvalue weighted by atomic mass is 19.3. The number of carbonyl (C=O) groups is 2. The number of hydrogen-bond acceptors (Lipinski definition) is 6. The zero-order chi connectivity index (χ0) is 26.3. The van der Waals surface area contributed by atoms with Crippen molar-refractivity contribution in [2.45, 2.75) is 51.6 Å². The van der Waals surface area contributed by atoms with Gasteiger partial charge in [0.05, 0.1) is 17.7 Å². The van der Waals surface area contributed by atoms with Crippen molar-refractivity contribution in [2.75, 3.05) is 19.8 Å². The average Bonchev–Trinajstić information content (AvgIpc) is 3.54. The van der Waals surface area contributed by atoms with Gasteiger partial charge in [0.15, 0.2) is 0 Å². The van der Waals surface area contributed by atoms with Crippen molar-refractivity contribution in [3.8, 4) is 17.0 Å². The standard InChI is InChI=1S/C26H29F2N5O4/c1-13-7-17(9-33(13)20(35)10-34)32-26(36)21-14(2)31-24-22(29-12-30-23(21)24)18-8-16(25(27)28)5-6-19(18)37-11-15-3-4-15/h5-6,8,12-13,15,17,25,31,34H,3-4,7,9-11H2,1-2H3,(H,32,36)/t13-,17-/m0/s1. The van der Waals surface area contributed by atoms with Gasteiger partial charge < -0.3 is 25.0 Å². The number of rotatable bonds is 8. The van der Waals surface area contributed by atoms with Crippen LogP contribution in [0.5, 0.6) is 5.75 Å². The monoisotopic (exact) mass is 513 g/mol. The number of hydrogen-bond donors (Lipinski definition) is 3. The Morgan fingerprint density at radius 2 is 2.08 bits per heavy atom. The van der Waals surface area contributed by atoms with Crippen molar-refractivity contribution < 1.29 is 28.2 Å². The zero-order valence-electron chi connectivity index (χ0n) is 20.6. The first-order valence-electron chi connectivity index (χ1n) is 12.4. The van der Waals surface area contributed by atoms with Gasteiger partial charge in [-0.2, -0.15) is 0 Å². The first-order chi connectivity index (χ1) is 17.8. The van der Waals surface area contributed by atoms with Crippen LogP contribution in [0.3, 0.4) is 0 Å². The van der Waals surface area contributed by atoms with Crippen LogP contribution in [0, 0.1) is 12.8 Å². The predicted molar refractivity (Wildman–Crippen MR) is 131 cm³/mol. The molecule has 0 radical (unpaired) electrons. The summed E-state index contributed by atoms with van der Waals surface area (Å²) in [5, 5.41) is 12.2. The second-order valence-electron chi connectivity index (χ2n) is 9.84. The molecule has 1 aliphatic carbocycles. The van der Waals surface area contributed by atoms with E-state index in [4.69, 9.17) is 4.74 Å². The highest BCUT2D eigenvalue weighted by molar-refractivity contribution is 6.09. The molecule has 3 aromatic rings. The van der Waals surface area contributed by atoms with Gasteiger partial charge in [0, 0.05) is 35.4 Å². The SMILES string of the molecule is Cc1[nH]c2c(-c3cc(C(F)F)ccc3OCC3CC3)ncnc2c1C(=O)N[C@H]1C[C@H](C)N(C(=O)CO)C1. The number of carbonyl (C=O) groups excluding carboxylic acids is 2. The van der Waals surface area contributed by atoms with E-state index in [9.17, 15) is 23.5 Å². The molecule has 2 aliphatic rings. The summed E-state index contributed by atoms with van der Waals surface area (Å²) in [7, 11) is 0. The van der Waals surface area contributed by atoms with Crippen molar-refractivity contribution in [3.05, 3.63) is 41.3 Å². The molecule has 2 aromatic heterocycles. The zero-order valence-corrected chi connectivity index (χ0v) is 20.6. The molecule has 5 rings (SSSR count). The summed E-state index contributed by atoms with van der Waals surface area (Å²) in [6.45, 7) is 3.83. The second kappa shape index (κ2) is 10.0. The fraction of sp³-hybridized carbons (Fsp3) is 0.462. The lowest BCUT2D eigenvalue weighted by Gasteiger charge is -2.19. The quantitative estimate of drug-likeness (QED) is 0.425. The van der Waals surface area contributed by atoms with Crippen LogP contribution >= 0.6 is 0 Å². The molecule has 0 bridgehead atoms. The number of aromatic nitrogens is 3. The second-order valence-corrected chi connectivity index (χ2v) is 9.84. The predicted octanol–water partition coefficient (Wildman–Crippen LogP) is 3.37. The minimum Gasteiger partial charge on any atom is -0.493 e. The number of ether oxygens (including phenoxy) is 1. The van der Waals surface area contributed by atoms with Crippen molar-refractivity contribution in [1.82, 2.24) is 25.2 Å². The lowest BCUT2D eigenvalue weighted by Crippen LogP contribution is -2.40. The molecule has 1 saturated carbocycles. The first-order valence-corrected chi connectivity index (χ1v) is 12.4. The van der Waals surface area contributed by atoms with E-state index >= 15 is 0 Å². The van der Waals surface area contributed by atoms with E-state index in [1.54, 1.807) is 11.8 Å². The number of nitrogens with one attached hydrogen (secondary N) is 2. The summed E-state index contributed by atoms with van der Waals surface area (Å²) in [6.07, 6.45) is 1.37. The minimum absolute atomic E-state index is 0.112. The molecule has 9 nitrogen and oxygen atoms in total. The summed E-state index contributed by atoms with van der Waals surface area (Å²) in [6, 6.07) is 3.86. The van der Waals surface area contributed by atoms with Gasteiger partial charge in [-0.05, 0) is 57.2 Å². The van der Waals surface area contributed by atoms with Gasteiger partial charge in [0.1, 0.15) is 29.9 Å². The van der Waals surface area contributed by atoms with Gasteiger partial charge >= 0.3 is 0 Å². The van der Waals surface area contributed by atoms with E-state index in [2.05, 4.69) is 20.3 Å². The number of aryl methyl sites for hydroxylation is 1. The summed E-state index contributed by atoms with van der Waals surface area (Å²) >= 11 is 0. The molecular weight excluding hydrogens is 484 g/mol. The van der Waals surface area contributed by atoms with E-state index in [0.29, 0.717) is 64.8 Å². The molecule has 1 saturated heterocycles. The Bertz CT molecular complexity index is 1340. The first kappa shape index (κ1) is 25.1. The maximum atomic E-state index is 13.6. The van der Waals surface area contributed by atoms with E-state index in [1.165, 1.54) is 24.5 Å². The summed E-state index contributed by atoms with van der Waals surface area (Å²) < 4.78 is 33.1. The molecule has 11 heteroatoms. The van der Waals surface area contributed by atoms with Gasteiger partial charge in [-0.3, -0.25) is 9.59 Å². The molecule has 196 valence electrons. The number of aliphatic hydroxyl groups is 1. The summed E-state index contributed by atoms with van der Waals surface area (Å²) in [5.74, 6) is 0.173. The highest BCUT2D eigenvalue weighted by Gasteiger charge is 2.34. The van der Waals surface area contributed by atoms with E-state index in [-0.39, 0.29) is 29.5 Å². The Morgan fingerprint density at radius 1 is 1.30 bits per heavy atom. The number of benzene rings is 1. The van der Waals surface area contributed by atoms with Crippen molar-refractivity contribution in [1.29, 1.82) is 0 Å². The van der Waals surface area contributed by atoms with Crippen molar-refractivity contribution >= 4 is 22.8 Å². The average molecular weight is 514 g/mol. The minimum atomic E-state index is -2.66. The Balaban J connectivity index is 1.47. The molecule has 1 aliphatic heterocycles. The topological polar surface area (TPSA) is 120 Å². The molecule has 0 unspecified atom stereocenters. The summed E-state index contributed by atoms with van der Waals surface area (Å²) in [4.78, 5) is 38.7. The van der Waals surface area contributed by atoms with Gasteiger partial charge in [-0.1, -0.05) is 0 Å². The number of nitrogens with zero attached hydrogens (tertiary/aromatic N) is 3. The maximum absolute atomic E-state index is 13.6. The van der Waals surface area contributed by atoms with Crippen LogP contribution in [-0.2, 0) is 4.79 Å². The van der Waals surface area contributed by atoms with Crippen LogP contribution in [-0.4, -0.2) is 68.6 Å².